The fourth-order valence-corrected chi connectivity index (χ4v) is 2.89. The van der Waals surface area contributed by atoms with E-state index in [-0.39, 0.29) is 5.02 Å². The molecule has 0 aliphatic rings. The van der Waals surface area contributed by atoms with E-state index in [0.29, 0.717) is 41.1 Å². The molecule has 3 rings (SSSR count). The van der Waals surface area contributed by atoms with Crippen LogP contribution in [-0.4, -0.2) is 30.7 Å². The van der Waals surface area contributed by atoms with Crippen LogP contribution in [0.3, 0.4) is 0 Å². The highest BCUT2D eigenvalue weighted by atomic mass is 35.5. The number of ether oxygens (including phenoxy) is 2. The molecule has 1 heterocycles. The lowest BCUT2D eigenvalue weighted by Crippen LogP contribution is -2.11. The van der Waals surface area contributed by atoms with Crippen LogP contribution in [0.4, 0.5) is 27.4 Å². The third-order valence-electron chi connectivity index (χ3n) is 4.22. The fraction of sp³-hybridized carbons (Fsp3) is 0.200. The third-order valence-corrected chi connectivity index (χ3v) is 4.51. The van der Waals surface area contributed by atoms with Gasteiger partial charge in [0.15, 0.2) is 23.1 Å². The predicted octanol–water partition coefficient (Wildman–Crippen LogP) is 4.27. The largest absolute Gasteiger partial charge is 0.493 e. The molecule has 0 bridgehead atoms. The van der Waals surface area contributed by atoms with E-state index in [2.05, 4.69) is 20.6 Å². The minimum Gasteiger partial charge on any atom is -0.493 e. The highest BCUT2D eigenvalue weighted by molar-refractivity contribution is 6.31. The van der Waals surface area contributed by atoms with Gasteiger partial charge in [-0.05, 0) is 42.3 Å². The van der Waals surface area contributed by atoms with E-state index < -0.39 is 5.82 Å². The average molecular weight is 418 g/mol. The highest BCUT2D eigenvalue weighted by Gasteiger charge is 2.10. The lowest BCUT2D eigenvalue weighted by molar-refractivity contribution is 0.354. The Kier molecular flexibility index (Phi) is 6.56. The summed E-state index contributed by atoms with van der Waals surface area (Å²) in [7, 11) is 3.20. The molecular weight excluding hydrogens is 397 g/mol. The van der Waals surface area contributed by atoms with Crippen molar-refractivity contribution in [2.45, 2.75) is 6.42 Å². The van der Waals surface area contributed by atoms with Gasteiger partial charge in [0.2, 0.25) is 0 Å². The average Bonchev–Trinajstić information content (AvgIpc) is 2.73. The Morgan fingerprint density at radius 1 is 1.03 bits per heavy atom. The smallest absolute Gasteiger partial charge is 0.160 e. The van der Waals surface area contributed by atoms with E-state index >= 15 is 0 Å². The lowest BCUT2D eigenvalue weighted by atomic mass is 10.1. The quantitative estimate of drug-likeness (QED) is 0.504. The van der Waals surface area contributed by atoms with Gasteiger partial charge in [-0.15, -0.1) is 0 Å². The van der Waals surface area contributed by atoms with Crippen LogP contribution >= 0.6 is 11.6 Å². The van der Waals surface area contributed by atoms with E-state index in [1.807, 2.05) is 18.2 Å². The van der Waals surface area contributed by atoms with Crippen LogP contribution in [0.25, 0.3) is 0 Å². The van der Waals surface area contributed by atoms with Crippen molar-refractivity contribution in [1.82, 2.24) is 9.97 Å². The van der Waals surface area contributed by atoms with Gasteiger partial charge in [-0.1, -0.05) is 17.7 Å². The Hall–Kier alpha value is -3.26. The normalized spacial score (nSPS) is 10.5. The molecule has 29 heavy (non-hydrogen) atoms. The maximum atomic E-state index is 13.3. The molecule has 0 radical (unpaired) electrons. The molecule has 0 fully saturated rings. The number of nitrogens with two attached hydrogens (primary N) is 1. The van der Waals surface area contributed by atoms with Crippen molar-refractivity contribution in [3.8, 4) is 11.5 Å². The van der Waals surface area contributed by atoms with Crippen LogP contribution in [0, 0.1) is 5.82 Å². The van der Waals surface area contributed by atoms with Crippen molar-refractivity contribution in [2.24, 2.45) is 0 Å². The Balaban J connectivity index is 1.66. The first kappa shape index (κ1) is 20.5. The maximum Gasteiger partial charge on any atom is 0.160 e. The van der Waals surface area contributed by atoms with E-state index in [1.54, 1.807) is 20.3 Å². The summed E-state index contributed by atoms with van der Waals surface area (Å²) < 4.78 is 23.9. The third kappa shape index (κ3) is 4.97. The van der Waals surface area contributed by atoms with Gasteiger partial charge in [0.05, 0.1) is 19.2 Å². The predicted molar refractivity (Wildman–Crippen MR) is 113 cm³/mol. The van der Waals surface area contributed by atoms with Gasteiger partial charge >= 0.3 is 0 Å². The monoisotopic (exact) mass is 417 g/mol. The van der Waals surface area contributed by atoms with Gasteiger partial charge in [-0.3, -0.25) is 0 Å². The topological polar surface area (TPSA) is 94.3 Å². The number of hydrogen-bond donors (Lipinski definition) is 3. The van der Waals surface area contributed by atoms with Gasteiger partial charge in [0, 0.05) is 12.2 Å². The van der Waals surface area contributed by atoms with Crippen molar-refractivity contribution in [3.63, 3.8) is 0 Å². The number of rotatable bonds is 8. The summed E-state index contributed by atoms with van der Waals surface area (Å²) in [4.78, 5) is 8.33. The molecule has 152 valence electrons. The molecule has 4 N–H and O–H groups in total. The molecule has 0 aliphatic heterocycles. The number of halogens is 2. The molecule has 0 spiro atoms. The van der Waals surface area contributed by atoms with E-state index in [9.17, 15) is 4.39 Å². The Bertz CT molecular complexity index is 1000. The number of nitrogens with one attached hydrogen (secondary N) is 2. The van der Waals surface area contributed by atoms with E-state index in [4.69, 9.17) is 26.8 Å². The Morgan fingerprint density at radius 2 is 1.79 bits per heavy atom. The summed E-state index contributed by atoms with van der Waals surface area (Å²) in [6.07, 6.45) is 2.11. The molecule has 1 aromatic heterocycles. The molecule has 0 aliphatic carbocycles. The molecule has 9 heteroatoms. The Labute approximate surface area is 173 Å². The first-order valence-electron chi connectivity index (χ1n) is 8.79. The number of nitrogens with zero attached hydrogens (tertiary/aromatic N) is 2. The van der Waals surface area contributed by atoms with Crippen LogP contribution in [-0.2, 0) is 6.42 Å². The summed E-state index contributed by atoms with van der Waals surface area (Å²) >= 11 is 5.81. The van der Waals surface area contributed by atoms with Crippen LogP contribution in [0.15, 0.2) is 42.7 Å². The van der Waals surface area contributed by atoms with Crippen LogP contribution in [0.1, 0.15) is 5.56 Å². The van der Waals surface area contributed by atoms with Crippen molar-refractivity contribution in [2.75, 3.05) is 37.1 Å². The van der Waals surface area contributed by atoms with Crippen LogP contribution in [0.2, 0.25) is 5.02 Å². The second-order valence-corrected chi connectivity index (χ2v) is 6.51. The molecule has 3 aromatic rings. The molecule has 2 aromatic carbocycles. The molecule has 0 atom stereocenters. The zero-order valence-electron chi connectivity index (χ0n) is 16.0. The minimum atomic E-state index is -0.495. The molecule has 0 saturated carbocycles. The summed E-state index contributed by atoms with van der Waals surface area (Å²) in [6.45, 7) is 0.596. The number of methoxy groups -OCH3 is 2. The highest BCUT2D eigenvalue weighted by Crippen LogP contribution is 2.29. The van der Waals surface area contributed by atoms with Crippen molar-refractivity contribution in [3.05, 3.63) is 59.1 Å². The second-order valence-electron chi connectivity index (χ2n) is 6.10. The van der Waals surface area contributed by atoms with Crippen LogP contribution in [0.5, 0.6) is 11.5 Å². The van der Waals surface area contributed by atoms with Crippen molar-refractivity contribution < 1.29 is 13.9 Å². The summed E-state index contributed by atoms with van der Waals surface area (Å²) in [5, 5.41) is 6.23. The standard InChI is InChI=1S/C20H21ClFN5O2/c1-28-16-6-3-12(9-17(16)29-2)7-8-24-19-18(23)20(26-11-25-19)27-13-4-5-15(22)14(21)10-13/h3-6,9-11H,7-8,23H2,1-2H3,(H2,24,25,26,27). The first-order valence-corrected chi connectivity index (χ1v) is 9.17. The van der Waals surface area contributed by atoms with Crippen LogP contribution < -0.4 is 25.8 Å². The molecule has 0 amide bonds. The molecular formula is C20H21ClFN5O2. The number of nitrogen functional groups attached to an aromatic ring is 1. The van der Waals surface area contributed by atoms with Gasteiger partial charge in [0.1, 0.15) is 17.8 Å². The molecule has 7 nitrogen and oxygen atoms in total. The van der Waals surface area contributed by atoms with Gasteiger partial charge < -0.3 is 25.8 Å². The Morgan fingerprint density at radius 3 is 2.52 bits per heavy atom. The number of anilines is 4. The minimum absolute atomic E-state index is 0.0101. The first-order chi connectivity index (χ1) is 14.0. The number of hydrogen-bond acceptors (Lipinski definition) is 7. The maximum absolute atomic E-state index is 13.3. The summed E-state index contributed by atoms with van der Waals surface area (Å²) in [5.74, 6) is 1.76. The molecule has 0 saturated heterocycles. The SMILES string of the molecule is COc1ccc(CCNc2ncnc(Nc3ccc(F)c(Cl)c3)c2N)cc1OC. The zero-order chi connectivity index (χ0) is 20.8. The van der Waals surface area contributed by atoms with Gasteiger partial charge in [0.25, 0.3) is 0 Å². The summed E-state index contributed by atoms with van der Waals surface area (Å²) in [6, 6.07) is 10.0. The van der Waals surface area contributed by atoms with Gasteiger partial charge in [-0.25, -0.2) is 14.4 Å². The number of benzene rings is 2. The summed E-state index contributed by atoms with van der Waals surface area (Å²) in [5.41, 5.74) is 8.16. The lowest BCUT2D eigenvalue weighted by Gasteiger charge is -2.13. The van der Waals surface area contributed by atoms with Crippen molar-refractivity contribution in [1.29, 1.82) is 0 Å². The van der Waals surface area contributed by atoms with Gasteiger partial charge in [-0.2, -0.15) is 0 Å². The fourth-order valence-electron chi connectivity index (χ4n) is 2.71. The van der Waals surface area contributed by atoms with Crippen molar-refractivity contribution >= 4 is 34.6 Å². The molecule has 0 unspecified atom stereocenters. The van der Waals surface area contributed by atoms with E-state index in [0.717, 1.165) is 12.0 Å². The number of aromatic nitrogens is 2. The second kappa shape index (κ2) is 9.29. The zero-order valence-corrected chi connectivity index (χ0v) is 16.8. The van der Waals surface area contributed by atoms with E-state index in [1.165, 1.54) is 18.5 Å².